The Balaban J connectivity index is 2.48. The second-order valence-electron chi connectivity index (χ2n) is 5.26. The normalized spacial score (nSPS) is 11.3. The molecule has 0 heterocycles. The smallest absolute Gasteiger partial charge is 0.303 e. The lowest BCUT2D eigenvalue weighted by atomic mass is 10.1. The summed E-state index contributed by atoms with van der Waals surface area (Å²) >= 11 is 0. The van der Waals surface area contributed by atoms with Crippen LogP contribution in [-0.4, -0.2) is 50.2 Å². The van der Waals surface area contributed by atoms with E-state index in [1.54, 1.807) is 19.1 Å². The van der Waals surface area contributed by atoms with Crippen LogP contribution in [-0.2, 0) is 9.59 Å². The Hall–Kier alpha value is -2.77. The van der Waals surface area contributed by atoms with Gasteiger partial charge in [-0.15, -0.1) is 0 Å². The molecule has 0 bridgehead atoms. The lowest BCUT2D eigenvalue weighted by molar-refractivity contribution is -0.138. The fourth-order valence-corrected chi connectivity index (χ4v) is 1.96. The van der Waals surface area contributed by atoms with Crippen molar-refractivity contribution in [1.29, 1.82) is 0 Å². The molecule has 1 aromatic rings. The van der Waals surface area contributed by atoms with Crippen molar-refractivity contribution in [3.05, 3.63) is 23.8 Å². The topological polar surface area (TPSA) is 114 Å². The molecule has 0 saturated heterocycles. The number of benzene rings is 1. The molecule has 1 atom stereocenters. The van der Waals surface area contributed by atoms with Crippen LogP contribution in [0.25, 0.3) is 0 Å². The highest BCUT2D eigenvalue weighted by Gasteiger charge is 2.13. The molecule has 0 saturated carbocycles. The maximum absolute atomic E-state index is 12.0. The van der Waals surface area contributed by atoms with Crippen LogP contribution in [0.5, 0.6) is 11.5 Å². The Morgan fingerprint density at radius 1 is 1.12 bits per heavy atom. The van der Waals surface area contributed by atoms with Crippen molar-refractivity contribution in [2.45, 2.75) is 13.3 Å². The Morgan fingerprint density at radius 3 is 2.38 bits per heavy atom. The standard InChI is InChI=1S/C16H22N2O6/c1-10(6-15(20)21)8-17-14(19)9-18-16(22)11-4-5-12(23-2)13(7-11)24-3/h4-5,7,10H,6,8-9H2,1-3H3,(H,17,19)(H,18,22)(H,20,21). The maximum atomic E-state index is 12.0. The Kier molecular flexibility index (Phi) is 7.54. The molecule has 0 aliphatic heterocycles. The molecule has 1 aromatic carbocycles. The number of rotatable bonds is 9. The first-order chi connectivity index (χ1) is 11.4. The predicted octanol–water partition coefficient (Wildman–Crippen LogP) is 0.661. The fourth-order valence-electron chi connectivity index (χ4n) is 1.96. The van der Waals surface area contributed by atoms with Crippen molar-refractivity contribution in [3.63, 3.8) is 0 Å². The molecule has 3 N–H and O–H groups in total. The zero-order valence-corrected chi connectivity index (χ0v) is 13.9. The van der Waals surface area contributed by atoms with E-state index in [9.17, 15) is 14.4 Å². The van der Waals surface area contributed by atoms with E-state index in [1.165, 1.54) is 20.3 Å². The SMILES string of the molecule is COc1ccc(C(=O)NCC(=O)NCC(C)CC(=O)O)cc1OC. The molecule has 0 fully saturated rings. The molecule has 8 nitrogen and oxygen atoms in total. The van der Waals surface area contributed by atoms with E-state index in [1.807, 2.05) is 0 Å². The second kappa shape index (κ2) is 9.39. The van der Waals surface area contributed by atoms with Gasteiger partial charge in [0.1, 0.15) is 0 Å². The number of carbonyl (C=O) groups is 3. The molecule has 2 amide bonds. The summed E-state index contributed by atoms with van der Waals surface area (Å²) in [5, 5.41) is 13.7. The highest BCUT2D eigenvalue weighted by atomic mass is 16.5. The van der Waals surface area contributed by atoms with Gasteiger partial charge >= 0.3 is 5.97 Å². The average molecular weight is 338 g/mol. The first-order valence-electron chi connectivity index (χ1n) is 7.36. The quantitative estimate of drug-likeness (QED) is 0.609. The highest BCUT2D eigenvalue weighted by Crippen LogP contribution is 2.27. The van der Waals surface area contributed by atoms with E-state index < -0.39 is 11.9 Å². The molecule has 0 radical (unpaired) electrons. The molecule has 132 valence electrons. The van der Waals surface area contributed by atoms with Gasteiger partial charge in [0.15, 0.2) is 11.5 Å². The lowest BCUT2D eigenvalue weighted by Gasteiger charge is -2.12. The van der Waals surface area contributed by atoms with E-state index in [-0.39, 0.29) is 31.3 Å². The number of hydrogen-bond acceptors (Lipinski definition) is 5. The number of amides is 2. The largest absolute Gasteiger partial charge is 0.493 e. The number of carboxylic acids is 1. The van der Waals surface area contributed by atoms with Crippen molar-refractivity contribution in [2.24, 2.45) is 5.92 Å². The van der Waals surface area contributed by atoms with E-state index in [0.717, 1.165) is 0 Å². The van der Waals surface area contributed by atoms with Crippen molar-refractivity contribution in [3.8, 4) is 11.5 Å². The number of hydrogen-bond donors (Lipinski definition) is 3. The number of ether oxygens (including phenoxy) is 2. The molecule has 0 aromatic heterocycles. The van der Waals surface area contributed by atoms with Crippen LogP contribution in [0.1, 0.15) is 23.7 Å². The first-order valence-corrected chi connectivity index (χ1v) is 7.36. The van der Waals surface area contributed by atoms with Crippen molar-refractivity contribution in [1.82, 2.24) is 10.6 Å². The number of aliphatic carboxylic acids is 1. The zero-order valence-electron chi connectivity index (χ0n) is 13.9. The number of carbonyl (C=O) groups excluding carboxylic acids is 2. The molecule has 1 rings (SSSR count). The van der Waals surface area contributed by atoms with Crippen LogP contribution in [0.15, 0.2) is 18.2 Å². The molecule has 0 aliphatic rings. The number of methoxy groups -OCH3 is 2. The van der Waals surface area contributed by atoms with Gasteiger partial charge in [0, 0.05) is 18.5 Å². The van der Waals surface area contributed by atoms with E-state index >= 15 is 0 Å². The molecular formula is C16H22N2O6. The Bertz CT molecular complexity index is 602. The molecule has 0 spiro atoms. The van der Waals surface area contributed by atoms with Gasteiger partial charge in [-0.2, -0.15) is 0 Å². The van der Waals surface area contributed by atoms with Gasteiger partial charge in [-0.05, 0) is 24.1 Å². The summed E-state index contributed by atoms with van der Waals surface area (Å²) in [6.07, 6.45) is -0.0295. The van der Waals surface area contributed by atoms with Crippen LogP contribution in [0.3, 0.4) is 0 Å². The average Bonchev–Trinajstić information content (AvgIpc) is 2.56. The summed E-state index contributed by atoms with van der Waals surface area (Å²) in [5.74, 6) is -1.01. The van der Waals surface area contributed by atoms with Gasteiger partial charge in [-0.25, -0.2) is 0 Å². The van der Waals surface area contributed by atoms with Gasteiger partial charge < -0.3 is 25.2 Å². The van der Waals surface area contributed by atoms with Crippen LogP contribution >= 0.6 is 0 Å². The third kappa shape index (κ3) is 6.15. The minimum atomic E-state index is -0.918. The van der Waals surface area contributed by atoms with Crippen molar-refractivity contribution in [2.75, 3.05) is 27.3 Å². The monoisotopic (exact) mass is 338 g/mol. The number of nitrogens with one attached hydrogen (secondary N) is 2. The van der Waals surface area contributed by atoms with Crippen molar-refractivity contribution < 1.29 is 29.0 Å². The molecule has 0 aliphatic carbocycles. The fraction of sp³-hybridized carbons (Fsp3) is 0.438. The second-order valence-corrected chi connectivity index (χ2v) is 5.26. The van der Waals surface area contributed by atoms with Gasteiger partial charge in [0.05, 0.1) is 20.8 Å². The maximum Gasteiger partial charge on any atom is 0.303 e. The van der Waals surface area contributed by atoms with E-state index in [4.69, 9.17) is 14.6 Å². The molecular weight excluding hydrogens is 316 g/mol. The van der Waals surface area contributed by atoms with Crippen LogP contribution in [0.4, 0.5) is 0 Å². The Morgan fingerprint density at radius 2 is 1.79 bits per heavy atom. The summed E-state index contributed by atoms with van der Waals surface area (Å²) in [6, 6.07) is 4.67. The summed E-state index contributed by atoms with van der Waals surface area (Å²) in [6.45, 7) is 1.75. The first kappa shape index (κ1) is 19.3. The van der Waals surface area contributed by atoms with Crippen LogP contribution in [0.2, 0.25) is 0 Å². The summed E-state index contributed by atoms with van der Waals surface area (Å²) in [5.41, 5.74) is 0.333. The van der Waals surface area contributed by atoms with Gasteiger partial charge in [-0.3, -0.25) is 14.4 Å². The predicted molar refractivity (Wildman–Crippen MR) is 86.3 cm³/mol. The summed E-state index contributed by atoms with van der Waals surface area (Å²) in [4.78, 5) is 34.2. The van der Waals surface area contributed by atoms with E-state index in [2.05, 4.69) is 10.6 Å². The van der Waals surface area contributed by atoms with Crippen LogP contribution in [0, 0.1) is 5.92 Å². The lowest BCUT2D eigenvalue weighted by Crippen LogP contribution is -2.38. The van der Waals surface area contributed by atoms with E-state index in [0.29, 0.717) is 17.1 Å². The third-order valence-corrected chi connectivity index (χ3v) is 3.23. The molecule has 1 unspecified atom stereocenters. The van der Waals surface area contributed by atoms with Gasteiger partial charge in [0.2, 0.25) is 5.91 Å². The Labute approximate surface area is 140 Å². The third-order valence-electron chi connectivity index (χ3n) is 3.23. The van der Waals surface area contributed by atoms with Crippen LogP contribution < -0.4 is 20.1 Å². The minimum absolute atomic E-state index is 0.0295. The minimum Gasteiger partial charge on any atom is -0.493 e. The van der Waals surface area contributed by atoms with Gasteiger partial charge in [-0.1, -0.05) is 6.92 Å². The number of carboxylic acid groups (broad SMARTS) is 1. The summed E-state index contributed by atoms with van der Waals surface area (Å²) < 4.78 is 10.2. The highest BCUT2D eigenvalue weighted by molar-refractivity contribution is 5.97. The molecule has 8 heteroatoms. The van der Waals surface area contributed by atoms with Crippen molar-refractivity contribution >= 4 is 17.8 Å². The summed E-state index contributed by atoms with van der Waals surface area (Å²) in [7, 11) is 2.96. The van der Waals surface area contributed by atoms with Gasteiger partial charge in [0.25, 0.3) is 5.91 Å². The zero-order chi connectivity index (χ0) is 18.1. The molecule has 24 heavy (non-hydrogen) atoms.